The fourth-order valence-electron chi connectivity index (χ4n) is 2.42. The van der Waals surface area contributed by atoms with E-state index in [9.17, 15) is 23.2 Å². The molecule has 1 rings (SSSR count). The summed E-state index contributed by atoms with van der Waals surface area (Å²) < 4.78 is 43.2. The summed E-state index contributed by atoms with van der Waals surface area (Å²) in [5.74, 6) is -3.92. The van der Waals surface area contributed by atoms with Crippen LogP contribution in [0.4, 0.5) is 19.3 Å². The van der Waals surface area contributed by atoms with Crippen LogP contribution in [0.3, 0.4) is 0 Å². The SMILES string of the molecule is CC(=O)OC(NCC(=O)OC(C)(C)C)c1c(NC(=O)OC(C)Cl)cc(F)c(F)c1C. The number of carbonyl (C=O) groups is 3. The number of rotatable bonds is 7. The quantitative estimate of drug-likeness (QED) is 0.281. The van der Waals surface area contributed by atoms with Crippen LogP contribution >= 0.6 is 11.6 Å². The summed E-state index contributed by atoms with van der Waals surface area (Å²) >= 11 is 5.58. The van der Waals surface area contributed by atoms with Crippen LogP contribution in [0.15, 0.2) is 6.07 Å². The normalized spacial score (nSPS) is 13.2. The molecule has 0 aliphatic heterocycles. The van der Waals surface area contributed by atoms with Crippen LogP contribution < -0.4 is 10.6 Å². The summed E-state index contributed by atoms with van der Waals surface area (Å²) in [5.41, 5.74) is -2.37. The Balaban J connectivity index is 3.29. The van der Waals surface area contributed by atoms with Crippen LogP contribution in [0.1, 0.15) is 52.0 Å². The second kappa shape index (κ2) is 10.5. The van der Waals surface area contributed by atoms with Gasteiger partial charge < -0.3 is 14.2 Å². The lowest BCUT2D eigenvalue weighted by Gasteiger charge is -2.25. The Morgan fingerprint density at radius 2 is 1.80 bits per heavy atom. The first-order valence-corrected chi connectivity index (χ1v) is 9.37. The summed E-state index contributed by atoms with van der Waals surface area (Å²) in [4.78, 5) is 35.5. The van der Waals surface area contributed by atoms with Gasteiger partial charge in [-0.05, 0) is 40.2 Å². The van der Waals surface area contributed by atoms with Gasteiger partial charge in [0.25, 0.3) is 0 Å². The molecule has 11 heteroatoms. The van der Waals surface area contributed by atoms with E-state index in [4.69, 9.17) is 25.8 Å². The maximum atomic E-state index is 14.2. The van der Waals surface area contributed by atoms with E-state index in [2.05, 4.69) is 10.6 Å². The van der Waals surface area contributed by atoms with E-state index < -0.39 is 53.6 Å². The van der Waals surface area contributed by atoms with Crippen LogP contribution in [-0.2, 0) is 23.8 Å². The predicted octanol–water partition coefficient (Wildman–Crippen LogP) is 3.90. The van der Waals surface area contributed by atoms with E-state index in [0.29, 0.717) is 6.07 Å². The van der Waals surface area contributed by atoms with Crippen molar-refractivity contribution < 1.29 is 37.4 Å². The predicted molar refractivity (Wildman–Crippen MR) is 105 cm³/mol. The van der Waals surface area contributed by atoms with E-state index in [-0.39, 0.29) is 16.8 Å². The number of anilines is 1. The van der Waals surface area contributed by atoms with Gasteiger partial charge in [0.2, 0.25) is 0 Å². The van der Waals surface area contributed by atoms with Crippen LogP contribution in [0.25, 0.3) is 0 Å². The van der Waals surface area contributed by atoms with Crippen LogP contribution in [0.2, 0.25) is 0 Å². The van der Waals surface area contributed by atoms with Crippen LogP contribution in [-0.4, -0.2) is 35.7 Å². The van der Waals surface area contributed by atoms with Gasteiger partial charge in [0.05, 0.1) is 12.2 Å². The number of benzene rings is 1. The number of hydrogen-bond donors (Lipinski definition) is 2. The number of alkyl halides is 1. The minimum atomic E-state index is -1.41. The van der Waals surface area contributed by atoms with E-state index >= 15 is 0 Å². The van der Waals surface area contributed by atoms with Crippen molar-refractivity contribution in [3.63, 3.8) is 0 Å². The molecule has 2 N–H and O–H groups in total. The zero-order chi connectivity index (χ0) is 23.2. The Hall–Kier alpha value is -2.46. The van der Waals surface area contributed by atoms with Crippen molar-refractivity contribution in [2.24, 2.45) is 0 Å². The fourth-order valence-corrected chi connectivity index (χ4v) is 2.50. The van der Waals surface area contributed by atoms with Crippen molar-refractivity contribution in [1.29, 1.82) is 0 Å². The van der Waals surface area contributed by atoms with Gasteiger partial charge >= 0.3 is 18.0 Å². The Morgan fingerprint density at radius 3 is 2.30 bits per heavy atom. The summed E-state index contributed by atoms with van der Waals surface area (Å²) in [6.07, 6.45) is -2.45. The highest BCUT2D eigenvalue weighted by Crippen LogP contribution is 2.31. The van der Waals surface area contributed by atoms with Crippen molar-refractivity contribution in [3.05, 3.63) is 28.8 Å². The molecule has 0 radical (unpaired) electrons. The third-order valence-electron chi connectivity index (χ3n) is 3.41. The van der Waals surface area contributed by atoms with E-state index in [1.165, 1.54) is 13.8 Å². The van der Waals surface area contributed by atoms with Crippen LogP contribution in [0.5, 0.6) is 0 Å². The van der Waals surface area contributed by atoms with Crippen molar-refractivity contribution in [2.75, 3.05) is 11.9 Å². The molecule has 168 valence electrons. The van der Waals surface area contributed by atoms with Gasteiger partial charge in [-0.25, -0.2) is 13.6 Å². The molecular formula is C19H25ClF2N2O6. The monoisotopic (exact) mass is 450 g/mol. The molecule has 1 amide bonds. The first kappa shape index (κ1) is 25.6. The van der Waals surface area contributed by atoms with Crippen LogP contribution in [0, 0.1) is 18.6 Å². The largest absolute Gasteiger partial charge is 0.459 e. The third kappa shape index (κ3) is 8.11. The highest BCUT2D eigenvalue weighted by Gasteiger charge is 2.27. The lowest BCUT2D eigenvalue weighted by atomic mass is 10.0. The van der Waals surface area contributed by atoms with Gasteiger partial charge in [0, 0.05) is 18.6 Å². The molecular weight excluding hydrogens is 426 g/mol. The molecule has 30 heavy (non-hydrogen) atoms. The third-order valence-corrected chi connectivity index (χ3v) is 3.50. The lowest BCUT2D eigenvalue weighted by molar-refractivity contribution is -0.157. The molecule has 0 saturated heterocycles. The number of amides is 1. The molecule has 0 spiro atoms. The number of ether oxygens (including phenoxy) is 3. The smallest absolute Gasteiger partial charge is 0.413 e. The molecule has 2 atom stereocenters. The number of hydrogen-bond acceptors (Lipinski definition) is 7. The molecule has 0 bridgehead atoms. The van der Waals surface area contributed by atoms with Gasteiger partial charge in [0.1, 0.15) is 5.60 Å². The number of halogens is 3. The molecule has 1 aromatic rings. The highest BCUT2D eigenvalue weighted by atomic mass is 35.5. The van der Waals surface area contributed by atoms with Crippen molar-refractivity contribution >= 4 is 35.3 Å². The lowest BCUT2D eigenvalue weighted by Crippen LogP contribution is -2.36. The number of esters is 2. The molecule has 0 fully saturated rings. The first-order valence-electron chi connectivity index (χ1n) is 8.94. The molecule has 1 aromatic carbocycles. The first-order chi connectivity index (χ1) is 13.7. The fraction of sp³-hybridized carbons (Fsp3) is 0.526. The number of nitrogens with one attached hydrogen (secondary N) is 2. The Bertz CT molecular complexity index is 811. The second-order valence-electron chi connectivity index (χ2n) is 7.29. The summed E-state index contributed by atoms with van der Waals surface area (Å²) in [6.45, 7) is 8.27. The Kier molecular flexibility index (Phi) is 8.98. The van der Waals surface area contributed by atoms with Gasteiger partial charge in [0.15, 0.2) is 23.4 Å². The van der Waals surface area contributed by atoms with E-state index in [0.717, 1.165) is 6.92 Å². The standard InChI is InChI=1S/C19H25ClF2N2O6/c1-9-15(13(7-12(21)16(9)22)24-18(27)28-10(2)20)17(29-11(3)25)23-8-14(26)30-19(4,5)6/h7,10,17,23H,8H2,1-6H3,(H,24,27). The Morgan fingerprint density at radius 1 is 1.20 bits per heavy atom. The van der Waals surface area contributed by atoms with Crippen molar-refractivity contribution in [3.8, 4) is 0 Å². The van der Waals surface area contributed by atoms with E-state index in [1.807, 2.05) is 0 Å². The number of carbonyl (C=O) groups excluding carboxylic acids is 3. The molecule has 8 nitrogen and oxygen atoms in total. The van der Waals surface area contributed by atoms with Gasteiger partial charge in [-0.1, -0.05) is 11.6 Å². The maximum absolute atomic E-state index is 14.2. The molecule has 2 unspecified atom stereocenters. The zero-order valence-electron chi connectivity index (χ0n) is 17.5. The molecule has 0 saturated carbocycles. The van der Waals surface area contributed by atoms with Crippen molar-refractivity contribution in [1.82, 2.24) is 5.32 Å². The topological polar surface area (TPSA) is 103 Å². The summed E-state index contributed by atoms with van der Waals surface area (Å²) in [7, 11) is 0. The molecule has 0 aliphatic rings. The zero-order valence-corrected chi connectivity index (χ0v) is 18.3. The Labute approximate surface area is 178 Å². The summed E-state index contributed by atoms with van der Waals surface area (Å²) in [5, 5.41) is 4.84. The highest BCUT2D eigenvalue weighted by molar-refractivity contribution is 6.20. The van der Waals surface area contributed by atoms with Gasteiger partial charge in [-0.15, -0.1) is 0 Å². The van der Waals surface area contributed by atoms with Gasteiger partial charge in [-0.2, -0.15) is 0 Å². The molecule has 0 aromatic heterocycles. The van der Waals surface area contributed by atoms with Gasteiger partial charge in [-0.3, -0.25) is 20.2 Å². The average molecular weight is 451 g/mol. The maximum Gasteiger partial charge on any atom is 0.413 e. The second-order valence-corrected chi connectivity index (χ2v) is 7.90. The van der Waals surface area contributed by atoms with E-state index in [1.54, 1.807) is 20.8 Å². The molecule has 0 aliphatic carbocycles. The average Bonchev–Trinajstić information content (AvgIpc) is 2.54. The molecule has 0 heterocycles. The van der Waals surface area contributed by atoms with Crippen molar-refractivity contribution in [2.45, 2.75) is 58.9 Å². The summed E-state index contributed by atoms with van der Waals surface area (Å²) in [6, 6.07) is 0.698. The minimum Gasteiger partial charge on any atom is -0.459 e. The minimum absolute atomic E-state index is 0.119.